The molecule has 2 heterocycles. The molecule has 2 N–H and O–H groups in total. The van der Waals surface area contributed by atoms with Gasteiger partial charge in [0.1, 0.15) is 0 Å². The number of nitrogens with one attached hydrogen (secondary N) is 2. The zero-order chi connectivity index (χ0) is 19.7. The molecule has 0 saturated carbocycles. The topological polar surface area (TPSA) is 91.4 Å². The Morgan fingerprint density at radius 2 is 2.07 bits per heavy atom. The summed E-state index contributed by atoms with van der Waals surface area (Å²) in [6, 6.07) is 6.62. The van der Waals surface area contributed by atoms with Gasteiger partial charge >= 0.3 is 0 Å². The van der Waals surface area contributed by atoms with Crippen molar-refractivity contribution >= 4 is 45.8 Å². The largest absolute Gasteiger partial charge is 0.353 e. The summed E-state index contributed by atoms with van der Waals surface area (Å²) in [5, 5.41) is 6.60. The summed E-state index contributed by atoms with van der Waals surface area (Å²) in [5.41, 5.74) is 1.23. The Labute approximate surface area is 171 Å². The highest BCUT2D eigenvalue weighted by Crippen LogP contribution is 2.38. The molecule has 2 aromatic rings. The van der Waals surface area contributed by atoms with Crippen molar-refractivity contribution in [1.29, 1.82) is 0 Å². The van der Waals surface area contributed by atoms with Crippen LogP contribution in [0.5, 0.6) is 0 Å². The van der Waals surface area contributed by atoms with Crippen molar-refractivity contribution in [2.75, 3.05) is 25.0 Å². The molecule has 1 fully saturated rings. The molecule has 146 valence electrons. The van der Waals surface area contributed by atoms with Crippen molar-refractivity contribution in [1.82, 2.24) is 15.2 Å². The molecular weight excluding hydrogens is 400 g/mol. The predicted octanol–water partition coefficient (Wildman–Crippen LogP) is 2.43. The minimum atomic E-state index is -0.355. The van der Waals surface area contributed by atoms with Crippen molar-refractivity contribution in [3.8, 4) is 0 Å². The first-order valence-corrected chi connectivity index (χ1v) is 10.3. The zero-order valence-corrected chi connectivity index (χ0v) is 16.6. The van der Waals surface area contributed by atoms with Gasteiger partial charge in [-0.05, 0) is 43.5 Å². The van der Waals surface area contributed by atoms with Crippen LogP contribution in [0.2, 0.25) is 5.02 Å². The third-order valence-corrected chi connectivity index (χ3v) is 6.23. The molecule has 28 heavy (non-hydrogen) atoms. The predicted molar refractivity (Wildman–Crippen MR) is 107 cm³/mol. The molecule has 4 rings (SSSR count). The van der Waals surface area contributed by atoms with E-state index in [4.69, 9.17) is 11.6 Å². The van der Waals surface area contributed by atoms with Crippen LogP contribution in [0.3, 0.4) is 0 Å². The maximum atomic E-state index is 13.0. The molecule has 1 aromatic carbocycles. The van der Waals surface area contributed by atoms with Crippen molar-refractivity contribution in [3.63, 3.8) is 0 Å². The molecule has 1 unspecified atom stereocenters. The second-order valence-corrected chi connectivity index (χ2v) is 8.36. The fraction of sp³-hybridized carbons (Fsp3) is 0.368. The van der Waals surface area contributed by atoms with Crippen LogP contribution in [0.1, 0.15) is 39.7 Å². The fourth-order valence-corrected chi connectivity index (χ4v) is 4.72. The highest BCUT2D eigenvalue weighted by molar-refractivity contribution is 7.16. The summed E-state index contributed by atoms with van der Waals surface area (Å²) in [4.78, 5) is 44.2. The quantitative estimate of drug-likeness (QED) is 0.800. The number of piperazine rings is 1. The number of carbonyl (C=O) groups is 3. The minimum Gasteiger partial charge on any atom is -0.353 e. The van der Waals surface area contributed by atoms with Crippen molar-refractivity contribution in [3.05, 3.63) is 45.4 Å². The number of aryl methyl sites for hydroxylation is 1. The van der Waals surface area contributed by atoms with E-state index in [0.29, 0.717) is 35.2 Å². The lowest BCUT2D eigenvalue weighted by Gasteiger charge is -2.31. The second-order valence-electron chi connectivity index (χ2n) is 6.84. The molecule has 0 bridgehead atoms. The van der Waals surface area contributed by atoms with Crippen LogP contribution in [-0.2, 0) is 16.0 Å². The zero-order valence-electron chi connectivity index (χ0n) is 15.0. The molecule has 1 aliphatic heterocycles. The second kappa shape index (κ2) is 7.89. The van der Waals surface area contributed by atoms with E-state index in [1.807, 2.05) is 0 Å². The van der Waals surface area contributed by atoms with Gasteiger partial charge in [0.15, 0.2) is 5.13 Å². The smallest absolute Gasteiger partial charge is 0.257 e. The van der Waals surface area contributed by atoms with Crippen LogP contribution in [-0.4, -0.2) is 47.2 Å². The normalized spacial score (nSPS) is 19.0. The molecule has 9 heteroatoms. The van der Waals surface area contributed by atoms with Crippen molar-refractivity contribution in [2.45, 2.75) is 25.2 Å². The highest BCUT2D eigenvalue weighted by atomic mass is 35.5. The summed E-state index contributed by atoms with van der Waals surface area (Å²) < 4.78 is 0. The van der Waals surface area contributed by atoms with Gasteiger partial charge in [-0.25, -0.2) is 4.98 Å². The van der Waals surface area contributed by atoms with Gasteiger partial charge in [0.2, 0.25) is 11.8 Å². The molecule has 3 amide bonds. The van der Waals surface area contributed by atoms with Gasteiger partial charge in [-0.15, -0.1) is 11.3 Å². The number of hydrogen-bond acceptors (Lipinski definition) is 5. The number of carbonyl (C=O) groups excluding carboxylic acids is 3. The lowest BCUT2D eigenvalue weighted by Crippen LogP contribution is -2.51. The molecule has 1 aromatic heterocycles. The van der Waals surface area contributed by atoms with Crippen LogP contribution in [0, 0.1) is 0 Å². The summed E-state index contributed by atoms with van der Waals surface area (Å²) in [6.45, 7) is 1.08. The number of thiazole rings is 1. The Kier molecular flexibility index (Phi) is 5.32. The molecule has 0 spiro atoms. The van der Waals surface area contributed by atoms with E-state index in [1.54, 1.807) is 29.2 Å². The van der Waals surface area contributed by atoms with Crippen LogP contribution in [0.4, 0.5) is 5.13 Å². The Hall–Kier alpha value is -2.45. The number of rotatable bonds is 3. The summed E-state index contributed by atoms with van der Waals surface area (Å²) in [6.07, 6.45) is 2.43. The lowest BCUT2D eigenvalue weighted by molar-refractivity contribution is -0.139. The molecule has 1 atom stereocenters. The van der Waals surface area contributed by atoms with E-state index < -0.39 is 0 Å². The van der Waals surface area contributed by atoms with Gasteiger partial charge in [-0.2, -0.15) is 0 Å². The Morgan fingerprint density at radius 3 is 2.82 bits per heavy atom. The Balaban J connectivity index is 1.51. The average molecular weight is 419 g/mol. The Bertz CT molecular complexity index is 928. The number of aromatic nitrogens is 1. The molecule has 2 aliphatic rings. The maximum Gasteiger partial charge on any atom is 0.257 e. The van der Waals surface area contributed by atoms with E-state index in [0.717, 1.165) is 23.4 Å². The van der Waals surface area contributed by atoms with Gasteiger partial charge in [0, 0.05) is 28.6 Å². The van der Waals surface area contributed by atoms with E-state index in [1.165, 1.54) is 11.3 Å². The van der Waals surface area contributed by atoms with Gasteiger partial charge in [-0.3, -0.25) is 19.7 Å². The standard InChI is InChI=1S/C19H19ClN4O3S/c20-12-6-4-11(5-7-12)17(26)23-19-22-16-13(2-1-3-14(16)28-19)18(27)24-9-8-21-15(25)10-24/h4-7,13H,1-3,8-10H2,(H,21,25)(H,22,23,26). The fourth-order valence-electron chi connectivity index (χ4n) is 3.53. The van der Waals surface area contributed by atoms with Crippen LogP contribution in [0.25, 0.3) is 0 Å². The summed E-state index contributed by atoms with van der Waals surface area (Å²) in [7, 11) is 0. The SMILES string of the molecule is O=C1CN(C(=O)C2CCCc3sc(NC(=O)c4ccc(Cl)cc4)nc32)CCN1. The van der Waals surface area contributed by atoms with E-state index in [9.17, 15) is 14.4 Å². The molecule has 1 saturated heterocycles. The molecule has 7 nitrogen and oxygen atoms in total. The molecule has 0 radical (unpaired) electrons. The number of nitrogens with zero attached hydrogens (tertiary/aromatic N) is 2. The number of benzene rings is 1. The number of fused-ring (bicyclic) bond motifs is 1. The third-order valence-electron chi connectivity index (χ3n) is 4.93. The summed E-state index contributed by atoms with van der Waals surface area (Å²) >= 11 is 7.27. The van der Waals surface area contributed by atoms with Gasteiger partial charge < -0.3 is 10.2 Å². The van der Waals surface area contributed by atoms with E-state index in [-0.39, 0.29) is 30.2 Å². The van der Waals surface area contributed by atoms with Crippen molar-refractivity contribution in [2.24, 2.45) is 0 Å². The number of anilines is 1. The third kappa shape index (κ3) is 3.88. The molecule has 1 aliphatic carbocycles. The first-order chi connectivity index (χ1) is 13.5. The van der Waals surface area contributed by atoms with E-state index in [2.05, 4.69) is 15.6 Å². The van der Waals surface area contributed by atoms with Gasteiger partial charge in [0.05, 0.1) is 18.2 Å². The highest BCUT2D eigenvalue weighted by Gasteiger charge is 2.34. The minimum absolute atomic E-state index is 0.0586. The monoisotopic (exact) mass is 418 g/mol. The van der Waals surface area contributed by atoms with Crippen molar-refractivity contribution < 1.29 is 14.4 Å². The van der Waals surface area contributed by atoms with E-state index >= 15 is 0 Å². The summed E-state index contributed by atoms with van der Waals surface area (Å²) in [5.74, 6) is -0.813. The number of hydrogen-bond donors (Lipinski definition) is 2. The first kappa shape index (κ1) is 18.9. The molecular formula is C19H19ClN4O3S. The van der Waals surface area contributed by atoms with Gasteiger partial charge in [0.25, 0.3) is 5.91 Å². The average Bonchev–Trinajstić information content (AvgIpc) is 3.10. The lowest BCUT2D eigenvalue weighted by atomic mass is 9.89. The van der Waals surface area contributed by atoms with Gasteiger partial charge in [-0.1, -0.05) is 11.6 Å². The van der Waals surface area contributed by atoms with Crippen LogP contribution >= 0.6 is 22.9 Å². The van der Waals surface area contributed by atoms with Crippen LogP contribution in [0.15, 0.2) is 24.3 Å². The number of halogens is 1. The first-order valence-electron chi connectivity index (χ1n) is 9.13. The maximum absolute atomic E-state index is 13.0. The van der Waals surface area contributed by atoms with Crippen LogP contribution < -0.4 is 10.6 Å². The number of amides is 3. The Morgan fingerprint density at radius 1 is 1.29 bits per heavy atom.